The molecule has 3 heterocycles. The van der Waals surface area contributed by atoms with Gasteiger partial charge in [0.1, 0.15) is 12.0 Å². The first-order chi connectivity index (χ1) is 9.54. The number of aliphatic imine (C=N–C) groups is 1. The normalized spacial score (nSPS) is 21.1. The molecule has 20 heavy (non-hydrogen) atoms. The average molecular weight is 277 g/mol. The highest BCUT2D eigenvalue weighted by molar-refractivity contribution is 6.18. The van der Waals surface area contributed by atoms with Gasteiger partial charge in [-0.15, -0.1) is 0 Å². The van der Waals surface area contributed by atoms with Crippen LogP contribution < -0.4 is 4.57 Å². The van der Waals surface area contributed by atoms with Crippen molar-refractivity contribution >= 4 is 23.8 Å². The standard InChI is InChI=1S/C13H17N4O3/c1-4-5-6-16-11(18)9-10(15(3)13(16)19)14-12-17(9)7-8(2)20-12/h7,9H,4-6H2,1-3H3/q+1. The Morgan fingerprint density at radius 2 is 2.20 bits per heavy atom. The second kappa shape index (κ2) is 4.43. The Balaban J connectivity index is 1.99. The van der Waals surface area contributed by atoms with Crippen molar-refractivity contribution < 1.29 is 18.6 Å². The van der Waals surface area contributed by atoms with Crippen LogP contribution in [0.4, 0.5) is 10.8 Å². The maximum absolute atomic E-state index is 12.6. The third-order valence-corrected chi connectivity index (χ3v) is 3.62. The number of aryl methyl sites for hydroxylation is 1. The summed E-state index contributed by atoms with van der Waals surface area (Å²) in [6.07, 6.45) is 3.47. The van der Waals surface area contributed by atoms with Crippen LogP contribution in [0.3, 0.4) is 0 Å². The quantitative estimate of drug-likeness (QED) is 0.778. The van der Waals surface area contributed by atoms with Gasteiger partial charge in [0.05, 0.1) is 0 Å². The number of carbonyl (C=O) groups excluding carboxylic acids is 2. The van der Waals surface area contributed by atoms with Crippen molar-refractivity contribution in [3.05, 3.63) is 12.0 Å². The molecule has 0 saturated carbocycles. The van der Waals surface area contributed by atoms with E-state index in [0.717, 1.165) is 12.8 Å². The van der Waals surface area contributed by atoms with E-state index < -0.39 is 6.04 Å². The van der Waals surface area contributed by atoms with Gasteiger partial charge in [0, 0.05) is 18.6 Å². The van der Waals surface area contributed by atoms with Crippen LogP contribution >= 0.6 is 0 Å². The van der Waals surface area contributed by atoms with E-state index in [4.69, 9.17) is 4.42 Å². The zero-order valence-electron chi connectivity index (χ0n) is 11.8. The first-order valence-corrected chi connectivity index (χ1v) is 6.73. The average Bonchev–Trinajstić information content (AvgIpc) is 2.92. The van der Waals surface area contributed by atoms with E-state index in [1.165, 1.54) is 9.80 Å². The number of aromatic nitrogens is 1. The van der Waals surface area contributed by atoms with Gasteiger partial charge in [0.2, 0.25) is 0 Å². The van der Waals surface area contributed by atoms with E-state index >= 15 is 0 Å². The number of hydrogen-bond acceptors (Lipinski definition) is 4. The Morgan fingerprint density at radius 3 is 2.90 bits per heavy atom. The minimum atomic E-state index is -0.581. The SMILES string of the molecule is CCCCN1C(=O)C2C(=Nc3oc(C)c[n+]32)N(C)C1=O. The molecular formula is C13H17N4O3+. The number of hydrogen-bond donors (Lipinski definition) is 0. The molecule has 0 radical (unpaired) electrons. The number of rotatable bonds is 3. The number of urea groups is 1. The molecular weight excluding hydrogens is 260 g/mol. The van der Waals surface area contributed by atoms with Crippen molar-refractivity contribution in [3.8, 4) is 0 Å². The molecule has 1 aromatic rings. The lowest BCUT2D eigenvalue weighted by molar-refractivity contribution is -0.679. The van der Waals surface area contributed by atoms with Crippen molar-refractivity contribution in [2.24, 2.45) is 4.99 Å². The molecule has 2 aliphatic heterocycles. The summed E-state index contributed by atoms with van der Waals surface area (Å²) in [7, 11) is 1.64. The predicted octanol–water partition coefficient (Wildman–Crippen LogP) is 1.15. The first-order valence-electron chi connectivity index (χ1n) is 6.73. The summed E-state index contributed by atoms with van der Waals surface area (Å²) in [6, 6.07) is -0.532. The number of amides is 3. The number of fused-ring (bicyclic) bond motifs is 3. The van der Waals surface area contributed by atoms with Gasteiger partial charge in [0.15, 0.2) is 0 Å². The largest absolute Gasteiger partial charge is 0.506 e. The Kier molecular flexibility index (Phi) is 2.84. The third kappa shape index (κ3) is 1.65. The number of nitrogens with zero attached hydrogens (tertiary/aromatic N) is 4. The summed E-state index contributed by atoms with van der Waals surface area (Å²) in [4.78, 5) is 31.8. The molecule has 0 bridgehead atoms. The van der Waals surface area contributed by atoms with E-state index in [2.05, 4.69) is 4.99 Å². The Labute approximate surface area is 116 Å². The van der Waals surface area contributed by atoms with Gasteiger partial charge in [-0.05, 0) is 13.3 Å². The van der Waals surface area contributed by atoms with Gasteiger partial charge in [0.25, 0.3) is 17.8 Å². The second-order valence-electron chi connectivity index (χ2n) is 5.09. The summed E-state index contributed by atoms with van der Waals surface area (Å²) < 4.78 is 7.12. The maximum Gasteiger partial charge on any atom is 0.506 e. The first kappa shape index (κ1) is 12.8. The highest BCUT2D eigenvalue weighted by Gasteiger charge is 2.54. The molecule has 1 aromatic heterocycles. The summed E-state index contributed by atoms with van der Waals surface area (Å²) in [5.74, 6) is 0.895. The molecule has 1 saturated heterocycles. The van der Waals surface area contributed by atoms with Gasteiger partial charge in [-0.3, -0.25) is 14.6 Å². The Bertz CT molecular complexity index is 619. The summed E-state index contributed by atoms with van der Waals surface area (Å²) in [5, 5.41) is 0. The zero-order valence-corrected chi connectivity index (χ0v) is 11.8. The lowest BCUT2D eigenvalue weighted by Gasteiger charge is -2.31. The van der Waals surface area contributed by atoms with E-state index in [9.17, 15) is 9.59 Å². The molecule has 2 aliphatic rings. The minimum Gasteiger partial charge on any atom is -0.390 e. The number of carbonyl (C=O) groups is 2. The highest BCUT2D eigenvalue weighted by Crippen LogP contribution is 2.28. The molecule has 3 rings (SSSR count). The predicted molar refractivity (Wildman–Crippen MR) is 69.6 cm³/mol. The summed E-state index contributed by atoms with van der Waals surface area (Å²) >= 11 is 0. The van der Waals surface area contributed by atoms with Crippen LogP contribution in [-0.2, 0) is 4.79 Å². The number of likely N-dealkylation sites (N-methyl/N-ethyl adjacent to an activating group) is 1. The third-order valence-electron chi connectivity index (χ3n) is 3.62. The number of oxazole rings is 1. The van der Waals surface area contributed by atoms with Crippen LogP contribution in [0.5, 0.6) is 0 Å². The Hall–Kier alpha value is -2.18. The van der Waals surface area contributed by atoms with Gasteiger partial charge in [-0.1, -0.05) is 13.3 Å². The van der Waals surface area contributed by atoms with Crippen molar-refractivity contribution in [3.63, 3.8) is 0 Å². The van der Waals surface area contributed by atoms with Crippen molar-refractivity contribution in [1.29, 1.82) is 0 Å². The molecule has 1 fully saturated rings. The number of unbranched alkanes of at least 4 members (excludes halogenated alkanes) is 1. The van der Waals surface area contributed by atoms with Gasteiger partial charge < -0.3 is 4.42 Å². The van der Waals surface area contributed by atoms with E-state index in [1.54, 1.807) is 24.7 Å². The number of amidine groups is 1. The Morgan fingerprint density at radius 1 is 1.45 bits per heavy atom. The van der Waals surface area contributed by atoms with Crippen LogP contribution in [-0.4, -0.2) is 41.2 Å². The number of imide groups is 1. The molecule has 0 aliphatic carbocycles. The zero-order chi connectivity index (χ0) is 14.4. The lowest BCUT2D eigenvalue weighted by atomic mass is 10.1. The molecule has 1 unspecified atom stereocenters. The fourth-order valence-corrected chi connectivity index (χ4v) is 2.55. The molecule has 0 N–H and O–H groups in total. The van der Waals surface area contributed by atoms with Crippen molar-refractivity contribution in [1.82, 2.24) is 9.80 Å². The van der Waals surface area contributed by atoms with Gasteiger partial charge in [-0.2, -0.15) is 4.57 Å². The fraction of sp³-hybridized carbons (Fsp3) is 0.538. The van der Waals surface area contributed by atoms with E-state index in [-0.39, 0.29) is 11.9 Å². The van der Waals surface area contributed by atoms with Crippen LogP contribution in [0.15, 0.2) is 15.6 Å². The molecule has 0 aromatic carbocycles. The molecule has 1 atom stereocenters. The van der Waals surface area contributed by atoms with Crippen molar-refractivity contribution in [2.75, 3.05) is 13.6 Å². The van der Waals surface area contributed by atoms with Crippen LogP contribution in [0.1, 0.15) is 31.6 Å². The second-order valence-corrected chi connectivity index (χ2v) is 5.09. The summed E-state index contributed by atoms with van der Waals surface area (Å²) in [5.41, 5.74) is 0. The monoisotopic (exact) mass is 277 g/mol. The van der Waals surface area contributed by atoms with Crippen LogP contribution in [0.25, 0.3) is 0 Å². The molecule has 7 heteroatoms. The lowest BCUT2D eigenvalue weighted by Crippen LogP contribution is -2.62. The molecule has 3 amide bonds. The topological polar surface area (TPSA) is 70.0 Å². The van der Waals surface area contributed by atoms with Gasteiger partial charge >= 0.3 is 12.0 Å². The van der Waals surface area contributed by atoms with E-state index in [0.29, 0.717) is 24.2 Å². The fourth-order valence-electron chi connectivity index (χ4n) is 2.55. The molecule has 106 valence electrons. The molecule has 7 nitrogen and oxygen atoms in total. The van der Waals surface area contributed by atoms with Gasteiger partial charge in [-0.25, -0.2) is 4.79 Å². The van der Waals surface area contributed by atoms with Crippen molar-refractivity contribution in [2.45, 2.75) is 32.7 Å². The smallest absolute Gasteiger partial charge is 0.390 e. The highest BCUT2D eigenvalue weighted by atomic mass is 16.4. The van der Waals surface area contributed by atoms with E-state index in [1.807, 2.05) is 6.92 Å². The van der Waals surface area contributed by atoms with Crippen LogP contribution in [0.2, 0.25) is 0 Å². The minimum absolute atomic E-state index is 0.232. The molecule has 0 spiro atoms. The maximum atomic E-state index is 12.6. The summed E-state index contributed by atoms with van der Waals surface area (Å²) in [6.45, 7) is 4.27. The van der Waals surface area contributed by atoms with Crippen LogP contribution in [0, 0.1) is 6.92 Å².